The van der Waals surface area contributed by atoms with Crippen LogP contribution < -0.4 is 10.6 Å². The Labute approximate surface area is 209 Å². The number of hydrogen-bond donors (Lipinski definition) is 2. The van der Waals surface area contributed by atoms with E-state index in [1.807, 2.05) is 12.1 Å². The van der Waals surface area contributed by atoms with Crippen molar-refractivity contribution in [2.75, 3.05) is 17.7 Å². The molecule has 2 N–H and O–H groups in total. The highest BCUT2D eigenvalue weighted by atomic mass is 35.5. The Bertz CT molecular complexity index is 1310. The zero-order chi connectivity index (χ0) is 24.1. The summed E-state index contributed by atoms with van der Waals surface area (Å²) < 4.78 is 4.79. The molecule has 5 nitrogen and oxygen atoms in total. The summed E-state index contributed by atoms with van der Waals surface area (Å²) in [5, 5.41) is 7.06. The fourth-order valence-corrected chi connectivity index (χ4v) is 6.84. The standard InChI is InChI=1S/C29H27ClN2O3/c1-35-29(34)20-9-11-22(30)24(15-20)32-28(33)19-10-12-23-21(14-19)25-17-7-8-18(13-17)26(25)27(31-23)16-5-3-2-4-6-16/h2-6,9-12,14-15,17-18,25-27,31H,7-8,13H2,1H3,(H,32,33)/t17-,18-,25-,26-,27-/m0/s1. The molecule has 0 aromatic heterocycles. The number of carbonyl (C=O) groups excluding carboxylic acids is 2. The molecule has 3 aromatic rings. The summed E-state index contributed by atoms with van der Waals surface area (Å²) in [5.41, 5.74) is 5.01. The van der Waals surface area contributed by atoms with Crippen LogP contribution >= 0.6 is 11.6 Å². The van der Waals surface area contributed by atoms with Crippen LogP contribution in [0.15, 0.2) is 66.7 Å². The molecule has 1 heterocycles. The van der Waals surface area contributed by atoms with Gasteiger partial charge in [-0.15, -0.1) is 0 Å². The predicted octanol–water partition coefficient (Wildman–Crippen LogP) is 6.68. The van der Waals surface area contributed by atoms with Crippen LogP contribution in [-0.2, 0) is 4.74 Å². The maximum absolute atomic E-state index is 13.2. The number of methoxy groups -OCH3 is 1. The Balaban J connectivity index is 1.32. The van der Waals surface area contributed by atoms with E-state index in [2.05, 4.69) is 47.0 Å². The van der Waals surface area contributed by atoms with Gasteiger partial charge < -0.3 is 15.4 Å². The van der Waals surface area contributed by atoms with Crippen molar-refractivity contribution in [1.29, 1.82) is 0 Å². The second-order valence-electron chi connectivity index (χ2n) is 9.91. The molecule has 0 radical (unpaired) electrons. The van der Waals surface area contributed by atoms with Gasteiger partial charge in [-0.3, -0.25) is 4.79 Å². The molecule has 6 heteroatoms. The van der Waals surface area contributed by atoms with E-state index in [-0.39, 0.29) is 5.91 Å². The maximum atomic E-state index is 13.2. The van der Waals surface area contributed by atoms with Crippen LogP contribution in [0.5, 0.6) is 0 Å². The Hall–Kier alpha value is -3.31. The fourth-order valence-electron chi connectivity index (χ4n) is 6.68. The summed E-state index contributed by atoms with van der Waals surface area (Å²) in [6, 6.07) is 21.7. The summed E-state index contributed by atoms with van der Waals surface area (Å²) in [5.74, 6) is 1.64. The second kappa shape index (κ2) is 8.72. The first kappa shape index (κ1) is 22.2. The van der Waals surface area contributed by atoms with Crippen LogP contribution in [-0.4, -0.2) is 19.0 Å². The van der Waals surface area contributed by atoms with Crippen LogP contribution in [0.4, 0.5) is 11.4 Å². The first-order valence-corrected chi connectivity index (χ1v) is 12.6. The van der Waals surface area contributed by atoms with E-state index < -0.39 is 5.97 Å². The van der Waals surface area contributed by atoms with Crippen molar-refractivity contribution in [2.24, 2.45) is 17.8 Å². The topological polar surface area (TPSA) is 67.4 Å². The largest absolute Gasteiger partial charge is 0.465 e. The quantitative estimate of drug-likeness (QED) is 0.404. The molecule has 1 aliphatic heterocycles. The molecule has 2 saturated carbocycles. The van der Waals surface area contributed by atoms with Crippen molar-refractivity contribution < 1.29 is 14.3 Å². The lowest BCUT2D eigenvalue weighted by Crippen LogP contribution is -2.35. The Morgan fingerprint density at radius 2 is 1.74 bits per heavy atom. The minimum Gasteiger partial charge on any atom is -0.465 e. The Kier molecular flexibility index (Phi) is 5.53. The third kappa shape index (κ3) is 3.79. The monoisotopic (exact) mass is 486 g/mol. The Morgan fingerprint density at radius 3 is 2.54 bits per heavy atom. The minimum atomic E-state index is -0.479. The van der Waals surface area contributed by atoms with Crippen LogP contribution in [0.1, 0.15) is 63.1 Å². The zero-order valence-electron chi connectivity index (χ0n) is 19.5. The SMILES string of the molecule is COC(=O)c1ccc(Cl)c(NC(=O)c2ccc3c(c2)[C@@H]2[C@H]4CC[C@@H](C4)[C@@H]2[C@H](c2ccccc2)N3)c1. The van der Waals surface area contributed by atoms with Crippen molar-refractivity contribution in [3.05, 3.63) is 94.0 Å². The van der Waals surface area contributed by atoms with Gasteiger partial charge in [-0.1, -0.05) is 41.9 Å². The molecule has 0 unspecified atom stereocenters. The van der Waals surface area contributed by atoms with E-state index in [0.717, 1.165) is 5.69 Å². The van der Waals surface area contributed by atoms with Gasteiger partial charge in [0.05, 0.1) is 29.4 Å². The van der Waals surface area contributed by atoms with Crippen molar-refractivity contribution in [3.63, 3.8) is 0 Å². The summed E-state index contributed by atoms with van der Waals surface area (Å²) in [6.45, 7) is 0. The molecular formula is C29H27ClN2O3. The van der Waals surface area contributed by atoms with Crippen LogP contribution in [0, 0.1) is 17.8 Å². The van der Waals surface area contributed by atoms with Gasteiger partial charge in [0, 0.05) is 11.3 Å². The molecule has 3 aliphatic rings. The number of benzene rings is 3. The molecule has 5 atom stereocenters. The molecular weight excluding hydrogens is 460 g/mol. The summed E-state index contributed by atoms with van der Waals surface area (Å²) in [6.07, 6.45) is 3.83. The molecule has 0 saturated heterocycles. The second-order valence-corrected chi connectivity index (χ2v) is 10.3. The van der Waals surface area contributed by atoms with Crippen molar-refractivity contribution in [3.8, 4) is 0 Å². The first-order chi connectivity index (χ1) is 17.0. The van der Waals surface area contributed by atoms with E-state index in [1.54, 1.807) is 18.2 Å². The molecule has 0 spiro atoms. The van der Waals surface area contributed by atoms with E-state index in [4.69, 9.17) is 16.3 Å². The fraction of sp³-hybridized carbons (Fsp3) is 0.310. The van der Waals surface area contributed by atoms with E-state index in [9.17, 15) is 9.59 Å². The van der Waals surface area contributed by atoms with Crippen molar-refractivity contribution in [2.45, 2.75) is 31.2 Å². The number of rotatable bonds is 4. The highest BCUT2D eigenvalue weighted by molar-refractivity contribution is 6.34. The van der Waals surface area contributed by atoms with Gasteiger partial charge in [0.2, 0.25) is 0 Å². The van der Waals surface area contributed by atoms with Crippen LogP contribution in [0.25, 0.3) is 0 Å². The average Bonchev–Trinajstić information content (AvgIpc) is 3.52. The maximum Gasteiger partial charge on any atom is 0.337 e. The summed E-state index contributed by atoms with van der Waals surface area (Å²) in [7, 11) is 1.32. The number of anilines is 2. The average molecular weight is 487 g/mol. The third-order valence-electron chi connectivity index (χ3n) is 8.14. The van der Waals surface area contributed by atoms with Crippen LogP contribution in [0.2, 0.25) is 5.02 Å². The summed E-state index contributed by atoms with van der Waals surface area (Å²) >= 11 is 6.30. The van der Waals surface area contributed by atoms with Gasteiger partial charge in [0.1, 0.15) is 0 Å². The number of fused-ring (bicyclic) bond motifs is 7. The number of ether oxygens (including phenoxy) is 1. The number of halogens is 1. The Morgan fingerprint density at radius 1 is 0.971 bits per heavy atom. The number of esters is 1. The molecule has 2 fully saturated rings. The van der Waals surface area contributed by atoms with E-state index in [1.165, 1.54) is 37.5 Å². The molecule has 35 heavy (non-hydrogen) atoms. The van der Waals surface area contributed by atoms with Gasteiger partial charge in [-0.25, -0.2) is 4.79 Å². The van der Waals surface area contributed by atoms with Gasteiger partial charge in [0.15, 0.2) is 0 Å². The highest BCUT2D eigenvalue weighted by Gasteiger charge is 2.53. The van der Waals surface area contributed by atoms with Crippen LogP contribution in [0.3, 0.4) is 0 Å². The lowest BCUT2D eigenvalue weighted by molar-refractivity contribution is 0.0600. The smallest absolute Gasteiger partial charge is 0.337 e. The molecule has 2 aliphatic carbocycles. The van der Waals surface area contributed by atoms with Crippen molar-refractivity contribution in [1.82, 2.24) is 0 Å². The zero-order valence-corrected chi connectivity index (χ0v) is 20.2. The normalized spacial score (nSPS) is 25.8. The molecule has 178 valence electrons. The van der Waals surface area contributed by atoms with Crippen molar-refractivity contribution >= 4 is 34.9 Å². The highest BCUT2D eigenvalue weighted by Crippen LogP contribution is 2.63. The number of carbonyl (C=O) groups is 2. The van der Waals surface area contributed by atoms with E-state index >= 15 is 0 Å². The number of hydrogen-bond acceptors (Lipinski definition) is 4. The van der Waals surface area contributed by atoms with Gasteiger partial charge in [-0.05, 0) is 90.5 Å². The predicted molar refractivity (Wildman–Crippen MR) is 137 cm³/mol. The number of amides is 1. The molecule has 3 aromatic carbocycles. The van der Waals surface area contributed by atoms with E-state index in [0.29, 0.717) is 51.6 Å². The minimum absolute atomic E-state index is 0.249. The van der Waals surface area contributed by atoms with Gasteiger partial charge in [-0.2, -0.15) is 0 Å². The molecule has 1 amide bonds. The molecule has 6 rings (SSSR count). The third-order valence-corrected chi connectivity index (χ3v) is 8.47. The summed E-state index contributed by atoms with van der Waals surface area (Å²) in [4.78, 5) is 25.1. The lowest BCUT2D eigenvalue weighted by Gasteiger charge is -2.43. The lowest BCUT2D eigenvalue weighted by atomic mass is 9.68. The first-order valence-electron chi connectivity index (χ1n) is 12.2. The van der Waals surface area contributed by atoms with Gasteiger partial charge in [0.25, 0.3) is 5.91 Å². The molecule has 2 bridgehead atoms. The van der Waals surface area contributed by atoms with Gasteiger partial charge >= 0.3 is 5.97 Å². The number of nitrogens with one attached hydrogen (secondary N) is 2.